The maximum Gasteiger partial charge on any atom is 0.251 e. The van der Waals surface area contributed by atoms with E-state index in [1.807, 2.05) is 19.9 Å². The summed E-state index contributed by atoms with van der Waals surface area (Å²) >= 11 is 0. The normalized spacial score (nSPS) is 12.6. The summed E-state index contributed by atoms with van der Waals surface area (Å²) in [5.74, 6) is -0.0782. The van der Waals surface area contributed by atoms with Gasteiger partial charge in [-0.05, 0) is 19.4 Å². The Labute approximate surface area is 73.7 Å². The molecular weight excluding hydrogens is 150 g/mol. The van der Waals surface area contributed by atoms with Gasteiger partial charge < -0.3 is 5.32 Å². The van der Waals surface area contributed by atoms with E-state index in [4.69, 9.17) is 0 Å². The first-order valence-electron chi connectivity index (χ1n) is 3.85. The number of carbonyl (C=O) groups excluding carboxylic acids is 1. The van der Waals surface area contributed by atoms with Crippen LogP contribution >= 0.6 is 0 Å². The third kappa shape index (κ3) is 2.74. The van der Waals surface area contributed by atoms with Gasteiger partial charge in [0.15, 0.2) is 0 Å². The summed E-state index contributed by atoms with van der Waals surface area (Å²) in [6, 6.07) is 0. The summed E-state index contributed by atoms with van der Waals surface area (Å²) in [5.41, 5.74) is 1.54. The topological polar surface area (TPSA) is 29.1 Å². The Kier molecular flexibility index (Phi) is 4.77. The van der Waals surface area contributed by atoms with Crippen molar-refractivity contribution in [2.45, 2.75) is 13.8 Å². The molecule has 0 saturated carbocycles. The Morgan fingerprint density at radius 3 is 2.42 bits per heavy atom. The number of amides is 1. The van der Waals surface area contributed by atoms with Gasteiger partial charge in [0.2, 0.25) is 0 Å². The van der Waals surface area contributed by atoms with Crippen LogP contribution in [0.5, 0.6) is 0 Å². The SMILES string of the molecule is C=C/C(C)=C(\C=C/C)C(=O)NC. The Hall–Kier alpha value is -1.31. The zero-order valence-corrected chi connectivity index (χ0v) is 7.85. The van der Waals surface area contributed by atoms with Crippen LogP contribution < -0.4 is 5.32 Å². The largest absolute Gasteiger partial charge is 0.355 e. The van der Waals surface area contributed by atoms with Crippen molar-refractivity contribution in [2.24, 2.45) is 0 Å². The minimum atomic E-state index is -0.0782. The molecular formula is C10H15NO. The van der Waals surface area contributed by atoms with Gasteiger partial charge in [-0.15, -0.1) is 0 Å². The van der Waals surface area contributed by atoms with Crippen LogP contribution in [0.25, 0.3) is 0 Å². The molecule has 0 heterocycles. The molecule has 0 aromatic carbocycles. The van der Waals surface area contributed by atoms with Crippen molar-refractivity contribution in [2.75, 3.05) is 7.05 Å². The molecule has 12 heavy (non-hydrogen) atoms. The molecule has 0 atom stereocenters. The van der Waals surface area contributed by atoms with E-state index in [1.165, 1.54) is 0 Å². The van der Waals surface area contributed by atoms with Gasteiger partial charge in [-0.25, -0.2) is 0 Å². The first-order valence-corrected chi connectivity index (χ1v) is 3.85. The fraction of sp³-hybridized carbons (Fsp3) is 0.300. The fourth-order valence-corrected chi connectivity index (χ4v) is 0.798. The van der Waals surface area contributed by atoms with E-state index in [-0.39, 0.29) is 5.91 Å². The lowest BCUT2D eigenvalue weighted by molar-refractivity contribution is -0.116. The van der Waals surface area contributed by atoms with Crippen molar-refractivity contribution in [3.8, 4) is 0 Å². The number of hydrogen-bond donors (Lipinski definition) is 1. The second kappa shape index (κ2) is 5.35. The molecule has 0 bridgehead atoms. The fourth-order valence-electron chi connectivity index (χ4n) is 0.798. The summed E-state index contributed by atoms with van der Waals surface area (Å²) in [6.45, 7) is 7.34. The molecule has 0 unspecified atom stereocenters. The highest BCUT2D eigenvalue weighted by Gasteiger charge is 2.04. The lowest BCUT2D eigenvalue weighted by Gasteiger charge is -2.02. The highest BCUT2D eigenvalue weighted by atomic mass is 16.1. The molecule has 0 radical (unpaired) electrons. The summed E-state index contributed by atoms with van der Waals surface area (Å²) < 4.78 is 0. The molecule has 66 valence electrons. The van der Waals surface area contributed by atoms with E-state index in [9.17, 15) is 4.79 Å². The van der Waals surface area contributed by atoms with Crippen LogP contribution in [0.15, 0.2) is 36.0 Å². The lowest BCUT2D eigenvalue weighted by atomic mass is 10.1. The van der Waals surface area contributed by atoms with E-state index in [1.54, 1.807) is 19.2 Å². The highest BCUT2D eigenvalue weighted by Crippen LogP contribution is 2.06. The number of allylic oxidation sites excluding steroid dienone is 3. The van der Waals surface area contributed by atoms with E-state index >= 15 is 0 Å². The molecule has 0 aliphatic carbocycles. The molecule has 0 aromatic rings. The van der Waals surface area contributed by atoms with Gasteiger partial charge in [-0.1, -0.05) is 24.8 Å². The van der Waals surface area contributed by atoms with Gasteiger partial charge in [0.05, 0.1) is 0 Å². The predicted octanol–water partition coefficient (Wildman–Crippen LogP) is 1.81. The zero-order chi connectivity index (χ0) is 9.56. The Morgan fingerprint density at radius 2 is 2.08 bits per heavy atom. The van der Waals surface area contributed by atoms with Crippen molar-refractivity contribution in [1.29, 1.82) is 0 Å². The van der Waals surface area contributed by atoms with Crippen LogP contribution in [-0.2, 0) is 4.79 Å². The van der Waals surface area contributed by atoms with Crippen molar-refractivity contribution < 1.29 is 4.79 Å². The lowest BCUT2D eigenvalue weighted by Crippen LogP contribution is -2.19. The average Bonchev–Trinajstić information content (AvgIpc) is 2.11. The second-order valence-corrected chi connectivity index (χ2v) is 2.38. The zero-order valence-electron chi connectivity index (χ0n) is 7.85. The Morgan fingerprint density at radius 1 is 1.50 bits per heavy atom. The number of hydrogen-bond acceptors (Lipinski definition) is 1. The molecule has 1 N–H and O–H groups in total. The maximum absolute atomic E-state index is 11.2. The van der Waals surface area contributed by atoms with Crippen molar-refractivity contribution in [3.05, 3.63) is 36.0 Å². The van der Waals surface area contributed by atoms with Gasteiger partial charge in [-0.2, -0.15) is 0 Å². The smallest absolute Gasteiger partial charge is 0.251 e. The number of likely N-dealkylation sites (N-methyl/N-ethyl adjacent to an activating group) is 1. The second-order valence-electron chi connectivity index (χ2n) is 2.38. The minimum absolute atomic E-state index is 0.0782. The van der Waals surface area contributed by atoms with Crippen LogP contribution in [0.1, 0.15) is 13.8 Å². The van der Waals surface area contributed by atoms with Gasteiger partial charge >= 0.3 is 0 Å². The predicted molar refractivity (Wildman–Crippen MR) is 51.8 cm³/mol. The summed E-state index contributed by atoms with van der Waals surface area (Å²) in [6.07, 6.45) is 5.28. The average molecular weight is 165 g/mol. The summed E-state index contributed by atoms with van der Waals surface area (Å²) in [5, 5.41) is 2.57. The monoisotopic (exact) mass is 165 g/mol. The summed E-state index contributed by atoms with van der Waals surface area (Å²) in [4.78, 5) is 11.2. The van der Waals surface area contributed by atoms with Crippen molar-refractivity contribution >= 4 is 5.91 Å². The van der Waals surface area contributed by atoms with E-state index in [2.05, 4.69) is 11.9 Å². The molecule has 2 nitrogen and oxygen atoms in total. The van der Waals surface area contributed by atoms with Crippen molar-refractivity contribution in [3.63, 3.8) is 0 Å². The van der Waals surface area contributed by atoms with Gasteiger partial charge in [0.25, 0.3) is 5.91 Å². The quantitative estimate of drug-likeness (QED) is 0.501. The van der Waals surface area contributed by atoms with E-state index in [0.717, 1.165) is 5.57 Å². The molecule has 0 rings (SSSR count). The van der Waals surface area contributed by atoms with Crippen LogP contribution in [0.3, 0.4) is 0 Å². The van der Waals surface area contributed by atoms with E-state index < -0.39 is 0 Å². The first kappa shape index (κ1) is 10.7. The molecule has 0 fully saturated rings. The molecule has 1 amide bonds. The third-order valence-corrected chi connectivity index (χ3v) is 1.54. The number of rotatable bonds is 3. The van der Waals surface area contributed by atoms with Crippen LogP contribution in [0, 0.1) is 0 Å². The molecule has 2 heteroatoms. The number of nitrogens with one attached hydrogen (secondary N) is 1. The summed E-state index contributed by atoms with van der Waals surface area (Å²) in [7, 11) is 1.61. The van der Waals surface area contributed by atoms with Gasteiger partial charge in [-0.3, -0.25) is 4.79 Å². The number of carbonyl (C=O) groups is 1. The van der Waals surface area contributed by atoms with Crippen LogP contribution in [-0.4, -0.2) is 13.0 Å². The van der Waals surface area contributed by atoms with Crippen LogP contribution in [0.2, 0.25) is 0 Å². The molecule has 0 aliphatic rings. The van der Waals surface area contributed by atoms with Crippen LogP contribution in [0.4, 0.5) is 0 Å². The third-order valence-electron chi connectivity index (χ3n) is 1.54. The molecule has 0 spiro atoms. The van der Waals surface area contributed by atoms with Crippen molar-refractivity contribution in [1.82, 2.24) is 5.32 Å². The Bertz CT molecular complexity index is 236. The molecule has 0 aromatic heterocycles. The first-order chi connectivity index (χ1) is 5.67. The minimum Gasteiger partial charge on any atom is -0.355 e. The molecule has 0 saturated heterocycles. The maximum atomic E-state index is 11.2. The highest BCUT2D eigenvalue weighted by molar-refractivity contribution is 5.97. The van der Waals surface area contributed by atoms with E-state index in [0.29, 0.717) is 5.57 Å². The molecule has 0 aliphatic heterocycles. The van der Waals surface area contributed by atoms with Gasteiger partial charge in [0, 0.05) is 12.6 Å². The standard InChI is InChI=1S/C10H15NO/c1-5-7-9(8(3)6-2)10(12)11-4/h5-7H,2H2,1,3-4H3,(H,11,12)/b7-5-,9-8+. The van der Waals surface area contributed by atoms with Gasteiger partial charge in [0.1, 0.15) is 0 Å². The Balaban J connectivity index is 4.90.